The Balaban J connectivity index is 1.43. The van der Waals surface area contributed by atoms with Gasteiger partial charge in [0.15, 0.2) is 0 Å². The lowest BCUT2D eigenvalue weighted by Crippen LogP contribution is -2.38. The van der Waals surface area contributed by atoms with Crippen LogP contribution in [0.4, 0.5) is 0 Å². The second kappa shape index (κ2) is 7.43. The van der Waals surface area contributed by atoms with Gasteiger partial charge in [0.05, 0.1) is 17.2 Å². The smallest absolute Gasteiger partial charge is 0.225 e. The van der Waals surface area contributed by atoms with Gasteiger partial charge in [-0.1, -0.05) is 30.3 Å². The molecule has 1 aromatic heterocycles. The van der Waals surface area contributed by atoms with Crippen LogP contribution in [0, 0.1) is 5.92 Å². The molecule has 0 radical (unpaired) electrons. The third-order valence-electron chi connectivity index (χ3n) is 5.73. The number of hydrogen-bond donors (Lipinski definition) is 0. The van der Waals surface area contributed by atoms with Gasteiger partial charge in [0.2, 0.25) is 5.91 Å². The maximum atomic E-state index is 12.8. The Hall–Kier alpha value is -2.21. The number of carbonyl (C=O) groups excluding carboxylic acids is 1. The van der Waals surface area contributed by atoms with E-state index in [0.717, 1.165) is 24.2 Å². The van der Waals surface area contributed by atoms with Crippen molar-refractivity contribution in [2.45, 2.75) is 25.2 Å². The first-order valence-electron chi connectivity index (χ1n) is 9.52. The van der Waals surface area contributed by atoms with Gasteiger partial charge in [0.1, 0.15) is 9.84 Å². The molecular weight excluding hydrogens is 360 g/mol. The Morgan fingerprint density at radius 2 is 1.78 bits per heavy atom. The third kappa shape index (κ3) is 4.05. The molecule has 1 atom stereocenters. The first kappa shape index (κ1) is 18.2. The number of amides is 1. The van der Waals surface area contributed by atoms with E-state index in [-0.39, 0.29) is 23.3 Å². The fraction of sp³-hybridized carbons (Fsp3) is 0.429. The van der Waals surface area contributed by atoms with E-state index in [9.17, 15) is 13.2 Å². The molecule has 2 saturated heterocycles. The van der Waals surface area contributed by atoms with Crippen molar-refractivity contribution in [3.63, 3.8) is 0 Å². The zero-order chi connectivity index (χ0) is 18.9. The average molecular weight is 385 g/mol. The van der Waals surface area contributed by atoms with Crippen molar-refractivity contribution in [3.8, 4) is 11.3 Å². The van der Waals surface area contributed by atoms with E-state index in [1.54, 1.807) is 0 Å². The summed E-state index contributed by atoms with van der Waals surface area (Å²) in [6, 6.07) is 14.3. The summed E-state index contributed by atoms with van der Waals surface area (Å²) < 4.78 is 23.2. The summed E-state index contributed by atoms with van der Waals surface area (Å²) in [5.74, 6) is 0.595. The number of carbonyl (C=O) groups is 1. The van der Waals surface area contributed by atoms with E-state index in [2.05, 4.69) is 11.1 Å². The van der Waals surface area contributed by atoms with E-state index in [1.807, 2.05) is 47.5 Å². The number of aromatic nitrogens is 1. The zero-order valence-corrected chi connectivity index (χ0v) is 16.1. The number of pyridine rings is 1. The molecule has 142 valence electrons. The number of hydrogen-bond acceptors (Lipinski definition) is 4. The molecule has 6 heteroatoms. The van der Waals surface area contributed by atoms with Crippen LogP contribution in [0.3, 0.4) is 0 Å². The number of benzene rings is 1. The quantitative estimate of drug-likeness (QED) is 0.816. The summed E-state index contributed by atoms with van der Waals surface area (Å²) in [6.45, 7) is 1.45. The lowest BCUT2D eigenvalue weighted by molar-refractivity contribution is -0.134. The predicted molar refractivity (Wildman–Crippen MR) is 105 cm³/mol. The van der Waals surface area contributed by atoms with Crippen molar-refractivity contribution in [2.24, 2.45) is 5.92 Å². The molecule has 2 fully saturated rings. The van der Waals surface area contributed by atoms with Crippen molar-refractivity contribution in [3.05, 3.63) is 54.2 Å². The molecule has 2 aliphatic heterocycles. The fourth-order valence-electron chi connectivity index (χ4n) is 4.10. The van der Waals surface area contributed by atoms with Gasteiger partial charge in [-0.05, 0) is 37.0 Å². The number of rotatable bonds is 3. The second-order valence-corrected chi connectivity index (χ2v) is 9.84. The normalized spacial score (nSPS) is 22.7. The topological polar surface area (TPSA) is 67.3 Å². The summed E-state index contributed by atoms with van der Waals surface area (Å²) in [5, 5.41) is 0. The van der Waals surface area contributed by atoms with Crippen molar-refractivity contribution in [2.75, 3.05) is 24.6 Å². The maximum absolute atomic E-state index is 12.8. The van der Waals surface area contributed by atoms with Crippen molar-refractivity contribution in [1.29, 1.82) is 0 Å². The molecule has 0 spiro atoms. The SMILES string of the molecule is O=C(C1CCS(=O)(=O)CC1)N1CC[C@H](c2ccnc(-c3ccccc3)c2)C1. The Morgan fingerprint density at radius 3 is 2.52 bits per heavy atom. The largest absolute Gasteiger partial charge is 0.342 e. The highest BCUT2D eigenvalue weighted by atomic mass is 32.2. The highest BCUT2D eigenvalue weighted by Gasteiger charge is 2.34. The van der Waals surface area contributed by atoms with Crippen LogP contribution in [-0.2, 0) is 14.6 Å². The minimum Gasteiger partial charge on any atom is -0.342 e. The van der Waals surface area contributed by atoms with Crippen LogP contribution in [0.1, 0.15) is 30.7 Å². The molecule has 0 N–H and O–H groups in total. The van der Waals surface area contributed by atoms with E-state index in [1.165, 1.54) is 5.56 Å². The summed E-state index contributed by atoms with van der Waals surface area (Å²) in [7, 11) is -2.94. The van der Waals surface area contributed by atoms with Crippen LogP contribution in [0.2, 0.25) is 0 Å². The van der Waals surface area contributed by atoms with E-state index < -0.39 is 9.84 Å². The molecule has 0 saturated carbocycles. The molecule has 2 aliphatic rings. The molecule has 5 nitrogen and oxygen atoms in total. The van der Waals surface area contributed by atoms with Gasteiger partial charge in [-0.2, -0.15) is 0 Å². The van der Waals surface area contributed by atoms with Crippen molar-refractivity contribution >= 4 is 15.7 Å². The molecule has 0 aliphatic carbocycles. The highest BCUT2D eigenvalue weighted by Crippen LogP contribution is 2.31. The van der Waals surface area contributed by atoms with Gasteiger partial charge in [-0.3, -0.25) is 9.78 Å². The van der Waals surface area contributed by atoms with Gasteiger partial charge in [-0.25, -0.2) is 8.42 Å². The van der Waals surface area contributed by atoms with E-state index in [0.29, 0.717) is 25.3 Å². The summed E-state index contributed by atoms with van der Waals surface area (Å²) in [4.78, 5) is 19.2. The Morgan fingerprint density at radius 1 is 1.04 bits per heavy atom. The fourth-order valence-corrected chi connectivity index (χ4v) is 5.59. The van der Waals surface area contributed by atoms with E-state index >= 15 is 0 Å². The Bertz CT molecular complexity index is 913. The van der Waals surface area contributed by atoms with Crippen LogP contribution in [0.15, 0.2) is 48.7 Å². The van der Waals surface area contributed by atoms with Gasteiger partial charge >= 0.3 is 0 Å². The lowest BCUT2D eigenvalue weighted by atomic mass is 9.97. The van der Waals surface area contributed by atoms with Crippen LogP contribution in [0.5, 0.6) is 0 Å². The molecule has 2 aromatic rings. The molecular formula is C21H24N2O3S. The average Bonchev–Trinajstić information content (AvgIpc) is 3.19. The van der Waals surface area contributed by atoms with E-state index in [4.69, 9.17) is 0 Å². The Kier molecular flexibility index (Phi) is 5.00. The van der Waals surface area contributed by atoms with Gasteiger partial charge in [0.25, 0.3) is 0 Å². The predicted octanol–water partition coefficient (Wildman–Crippen LogP) is 2.89. The molecule has 3 heterocycles. The van der Waals surface area contributed by atoms with Crippen LogP contribution < -0.4 is 0 Å². The third-order valence-corrected chi connectivity index (χ3v) is 7.44. The summed E-state index contributed by atoms with van der Waals surface area (Å²) in [6.07, 6.45) is 3.72. The van der Waals surface area contributed by atoms with Crippen LogP contribution in [-0.4, -0.2) is 48.8 Å². The number of nitrogens with zero attached hydrogens (tertiary/aromatic N) is 2. The zero-order valence-electron chi connectivity index (χ0n) is 15.3. The summed E-state index contributed by atoms with van der Waals surface area (Å²) in [5.41, 5.74) is 3.26. The van der Waals surface area contributed by atoms with Crippen molar-refractivity contribution < 1.29 is 13.2 Å². The number of sulfone groups is 1. The Labute approximate surface area is 160 Å². The first-order chi connectivity index (χ1) is 13.0. The molecule has 1 amide bonds. The minimum atomic E-state index is -2.94. The highest BCUT2D eigenvalue weighted by molar-refractivity contribution is 7.91. The van der Waals surface area contributed by atoms with Gasteiger partial charge in [-0.15, -0.1) is 0 Å². The second-order valence-electron chi connectivity index (χ2n) is 7.54. The lowest BCUT2D eigenvalue weighted by Gasteiger charge is -2.26. The molecule has 27 heavy (non-hydrogen) atoms. The maximum Gasteiger partial charge on any atom is 0.225 e. The summed E-state index contributed by atoms with van der Waals surface area (Å²) >= 11 is 0. The van der Waals surface area contributed by atoms with Crippen LogP contribution >= 0.6 is 0 Å². The molecule has 1 aromatic carbocycles. The molecule has 0 unspecified atom stereocenters. The first-order valence-corrected chi connectivity index (χ1v) is 11.3. The number of likely N-dealkylation sites (tertiary alicyclic amines) is 1. The monoisotopic (exact) mass is 384 g/mol. The van der Waals surface area contributed by atoms with Crippen LogP contribution in [0.25, 0.3) is 11.3 Å². The minimum absolute atomic E-state index is 0.129. The molecule has 0 bridgehead atoms. The van der Waals surface area contributed by atoms with Gasteiger partial charge < -0.3 is 4.90 Å². The van der Waals surface area contributed by atoms with Gasteiger partial charge in [0, 0.05) is 36.7 Å². The van der Waals surface area contributed by atoms with Crippen molar-refractivity contribution in [1.82, 2.24) is 9.88 Å². The molecule has 4 rings (SSSR count). The standard InChI is InChI=1S/C21H24N2O3S/c24-21(17-8-12-27(25,26)13-9-17)23-11-7-19(15-23)18-6-10-22-20(14-18)16-4-2-1-3-5-16/h1-6,10,14,17,19H,7-9,11-13,15H2/t19-/m0/s1.